The van der Waals surface area contributed by atoms with E-state index in [0.29, 0.717) is 31.1 Å². The van der Waals surface area contributed by atoms with Crippen molar-refractivity contribution in [2.24, 2.45) is 0 Å². The van der Waals surface area contributed by atoms with Gasteiger partial charge in [-0.3, -0.25) is 9.48 Å². The molecule has 1 N–H and O–H groups in total. The number of hydrogen-bond acceptors (Lipinski definition) is 5. The van der Waals surface area contributed by atoms with Crippen LogP contribution in [0, 0.1) is 6.92 Å². The van der Waals surface area contributed by atoms with Crippen LogP contribution in [0.2, 0.25) is 0 Å². The Kier molecular flexibility index (Phi) is 3.74. The highest BCUT2D eigenvalue weighted by atomic mass is 16.5. The summed E-state index contributed by atoms with van der Waals surface area (Å²) in [6.45, 7) is 8.75. The Labute approximate surface area is 129 Å². The van der Waals surface area contributed by atoms with E-state index in [-0.39, 0.29) is 11.4 Å². The molecule has 1 fully saturated rings. The molecular weight excluding hydrogens is 282 g/mol. The highest BCUT2D eigenvalue weighted by Gasteiger charge is 2.30. The second-order valence-corrected chi connectivity index (χ2v) is 6.43. The standard InChI is InChI=1S/C15H21N5O2/c1-11-7-17-20(8-11)9-12-6-13(18-22-12)14(21)19-5-4-16-15(2,3)10-19/h6-8,16H,4-5,9-10H2,1-3H3. The van der Waals surface area contributed by atoms with Crippen molar-refractivity contribution >= 4 is 5.91 Å². The van der Waals surface area contributed by atoms with E-state index in [1.807, 2.05) is 18.0 Å². The lowest BCUT2D eigenvalue weighted by molar-refractivity contribution is 0.0641. The number of nitrogens with one attached hydrogen (secondary N) is 1. The zero-order valence-electron chi connectivity index (χ0n) is 13.2. The van der Waals surface area contributed by atoms with Gasteiger partial charge in [0.25, 0.3) is 5.91 Å². The van der Waals surface area contributed by atoms with Gasteiger partial charge in [-0.15, -0.1) is 0 Å². The van der Waals surface area contributed by atoms with E-state index < -0.39 is 0 Å². The summed E-state index contributed by atoms with van der Waals surface area (Å²) in [7, 11) is 0. The first-order valence-electron chi connectivity index (χ1n) is 7.42. The first-order chi connectivity index (χ1) is 10.4. The molecule has 1 amide bonds. The normalized spacial score (nSPS) is 17.7. The number of nitrogens with zero attached hydrogens (tertiary/aromatic N) is 4. The maximum atomic E-state index is 12.5. The fourth-order valence-corrected chi connectivity index (χ4v) is 2.68. The third-order valence-electron chi connectivity index (χ3n) is 3.72. The summed E-state index contributed by atoms with van der Waals surface area (Å²) >= 11 is 0. The van der Waals surface area contributed by atoms with E-state index in [2.05, 4.69) is 29.4 Å². The van der Waals surface area contributed by atoms with Crippen LogP contribution < -0.4 is 5.32 Å². The van der Waals surface area contributed by atoms with Crippen molar-refractivity contribution in [2.75, 3.05) is 19.6 Å². The molecule has 7 heteroatoms. The third-order valence-corrected chi connectivity index (χ3v) is 3.72. The van der Waals surface area contributed by atoms with Gasteiger partial charge in [0.15, 0.2) is 11.5 Å². The lowest BCUT2D eigenvalue weighted by Crippen LogP contribution is -2.58. The molecule has 0 aromatic carbocycles. The van der Waals surface area contributed by atoms with Gasteiger partial charge in [0.05, 0.1) is 6.20 Å². The summed E-state index contributed by atoms with van der Waals surface area (Å²) in [5, 5.41) is 11.5. The molecule has 0 saturated carbocycles. The van der Waals surface area contributed by atoms with Gasteiger partial charge < -0.3 is 14.7 Å². The number of aromatic nitrogens is 3. The Morgan fingerprint density at radius 3 is 3.00 bits per heavy atom. The minimum Gasteiger partial charge on any atom is -0.359 e. The van der Waals surface area contributed by atoms with E-state index in [1.165, 1.54) is 0 Å². The van der Waals surface area contributed by atoms with Crippen molar-refractivity contribution in [1.82, 2.24) is 25.2 Å². The van der Waals surface area contributed by atoms with Gasteiger partial charge in [-0.05, 0) is 26.3 Å². The Hall–Kier alpha value is -2.15. The second-order valence-electron chi connectivity index (χ2n) is 6.43. The SMILES string of the molecule is Cc1cnn(Cc2cc(C(=O)N3CCNC(C)(C)C3)no2)c1. The minimum absolute atomic E-state index is 0.0763. The first-order valence-corrected chi connectivity index (χ1v) is 7.42. The van der Waals surface area contributed by atoms with Crippen molar-refractivity contribution in [1.29, 1.82) is 0 Å². The van der Waals surface area contributed by atoms with Crippen LogP contribution in [0.15, 0.2) is 23.0 Å². The lowest BCUT2D eigenvalue weighted by atomic mass is 10.0. The average molecular weight is 303 g/mol. The predicted octanol–water partition coefficient (Wildman–Crippen LogP) is 1.05. The molecule has 1 aliphatic heterocycles. The second kappa shape index (κ2) is 5.57. The largest absolute Gasteiger partial charge is 0.359 e. The fourth-order valence-electron chi connectivity index (χ4n) is 2.68. The van der Waals surface area contributed by atoms with E-state index >= 15 is 0 Å². The van der Waals surface area contributed by atoms with Gasteiger partial charge in [-0.25, -0.2) is 0 Å². The van der Waals surface area contributed by atoms with Gasteiger partial charge in [0.1, 0.15) is 6.54 Å². The van der Waals surface area contributed by atoms with Gasteiger partial charge in [0, 0.05) is 37.4 Å². The number of piperazine rings is 1. The van der Waals surface area contributed by atoms with Crippen molar-refractivity contribution in [3.8, 4) is 0 Å². The van der Waals surface area contributed by atoms with Crippen molar-refractivity contribution < 1.29 is 9.32 Å². The monoisotopic (exact) mass is 303 g/mol. The Balaban J connectivity index is 1.69. The maximum Gasteiger partial charge on any atom is 0.276 e. The van der Waals surface area contributed by atoms with Gasteiger partial charge in [0.2, 0.25) is 0 Å². The summed E-state index contributed by atoms with van der Waals surface area (Å²) in [5.74, 6) is 0.544. The van der Waals surface area contributed by atoms with Crippen LogP contribution in [0.1, 0.15) is 35.7 Å². The summed E-state index contributed by atoms with van der Waals surface area (Å²) in [6, 6.07) is 1.70. The molecule has 0 spiro atoms. The Bertz CT molecular complexity index is 673. The molecular formula is C15H21N5O2. The number of hydrogen-bond donors (Lipinski definition) is 1. The molecule has 0 bridgehead atoms. The van der Waals surface area contributed by atoms with E-state index in [0.717, 1.165) is 12.1 Å². The molecule has 1 aliphatic rings. The quantitative estimate of drug-likeness (QED) is 0.917. The van der Waals surface area contributed by atoms with Gasteiger partial charge in [-0.1, -0.05) is 5.16 Å². The molecule has 2 aromatic rings. The highest BCUT2D eigenvalue weighted by Crippen LogP contribution is 2.14. The zero-order valence-corrected chi connectivity index (χ0v) is 13.2. The van der Waals surface area contributed by atoms with Crippen LogP contribution in [0.25, 0.3) is 0 Å². The third kappa shape index (κ3) is 3.19. The fraction of sp³-hybridized carbons (Fsp3) is 0.533. The molecule has 2 aromatic heterocycles. The summed E-state index contributed by atoms with van der Waals surface area (Å²) < 4.78 is 7.03. The number of carbonyl (C=O) groups excluding carboxylic acids is 1. The smallest absolute Gasteiger partial charge is 0.276 e. The Morgan fingerprint density at radius 1 is 1.50 bits per heavy atom. The van der Waals surface area contributed by atoms with Crippen LogP contribution in [0.4, 0.5) is 0 Å². The molecule has 3 rings (SSSR count). The molecule has 22 heavy (non-hydrogen) atoms. The maximum absolute atomic E-state index is 12.5. The van der Waals surface area contributed by atoms with Crippen molar-refractivity contribution in [3.63, 3.8) is 0 Å². The number of aryl methyl sites for hydroxylation is 1. The van der Waals surface area contributed by atoms with Crippen LogP contribution in [0.5, 0.6) is 0 Å². The van der Waals surface area contributed by atoms with Crippen LogP contribution >= 0.6 is 0 Å². The molecule has 0 atom stereocenters. The summed E-state index contributed by atoms with van der Waals surface area (Å²) in [6.07, 6.45) is 3.70. The molecule has 3 heterocycles. The van der Waals surface area contributed by atoms with Crippen molar-refractivity contribution in [2.45, 2.75) is 32.9 Å². The molecule has 0 unspecified atom stereocenters. The zero-order chi connectivity index (χ0) is 15.7. The van der Waals surface area contributed by atoms with Crippen molar-refractivity contribution in [3.05, 3.63) is 35.5 Å². The minimum atomic E-state index is -0.0822. The molecule has 1 saturated heterocycles. The van der Waals surface area contributed by atoms with Gasteiger partial charge >= 0.3 is 0 Å². The Morgan fingerprint density at radius 2 is 2.32 bits per heavy atom. The summed E-state index contributed by atoms with van der Waals surface area (Å²) in [4.78, 5) is 14.3. The highest BCUT2D eigenvalue weighted by molar-refractivity contribution is 5.92. The number of amides is 1. The van der Waals surface area contributed by atoms with Crippen LogP contribution in [-0.2, 0) is 6.54 Å². The van der Waals surface area contributed by atoms with Gasteiger partial charge in [-0.2, -0.15) is 5.10 Å². The molecule has 7 nitrogen and oxygen atoms in total. The number of rotatable bonds is 3. The van der Waals surface area contributed by atoms with Crippen LogP contribution in [0.3, 0.4) is 0 Å². The topological polar surface area (TPSA) is 76.2 Å². The summed E-state index contributed by atoms with van der Waals surface area (Å²) in [5.41, 5.74) is 1.36. The van der Waals surface area contributed by atoms with E-state index in [1.54, 1.807) is 16.9 Å². The molecule has 0 radical (unpaired) electrons. The van der Waals surface area contributed by atoms with Crippen LogP contribution in [-0.4, -0.2) is 50.9 Å². The molecule has 118 valence electrons. The van der Waals surface area contributed by atoms with E-state index in [4.69, 9.17) is 4.52 Å². The predicted molar refractivity (Wildman–Crippen MR) is 80.6 cm³/mol. The molecule has 0 aliphatic carbocycles. The first kappa shape index (κ1) is 14.8. The van der Waals surface area contributed by atoms with E-state index in [9.17, 15) is 4.79 Å². The average Bonchev–Trinajstić information content (AvgIpc) is 3.07. The lowest BCUT2D eigenvalue weighted by Gasteiger charge is -2.38. The number of carbonyl (C=O) groups is 1.